The van der Waals surface area contributed by atoms with Gasteiger partial charge >= 0.3 is 0 Å². The van der Waals surface area contributed by atoms with E-state index in [4.69, 9.17) is 16.3 Å². The van der Waals surface area contributed by atoms with Gasteiger partial charge in [0.2, 0.25) is 0 Å². The zero-order valence-corrected chi connectivity index (χ0v) is 19.6. The first-order chi connectivity index (χ1) is 13.9. The van der Waals surface area contributed by atoms with Gasteiger partial charge in [-0.05, 0) is 98.4 Å². The van der Waals surface area contributed by atoms with Crippen LogP contribution >= 0.6 is 43.5 Å². The van der Waals surface area contributed by atoms with Crippen LogP contribution in [0.4, 0.5) is 11.4 Å². The van der Waals surface area contributed by atoms with Crippen molar-refractivity contribution in [3.8, 4) is 5.75 Å². The Morgan fingerprint density at radius 1 is 1.00 bits per heavy atom. The number of carbonyl (C=O) groups is 1. The lowest BCUT2D eigenvalue weighted by Crippen LogP contribution is -2.20. The molecule has 3 aromatic rings. The highest BCUT2D eigenvalue weighted by molar-refractivity contribution is 9.11. The van der Waals surface area contributed by atoms with Gasteiger partial charge < -0.3 is 15.4 Å². The maximum Gasteiger partial charge on any atom is 0.262 e. The topological polar surface area (TPSA) is 50.4 Å². The van der Waals surface area contributed by atoms with E-state index in [0.717, 1.165) is 31.4 Å². The second-order valence-electron chi connectivity index (χ2n) is 6.46. The van der Waals surface area contributed by atoms with E-state index in [1.165, 1.54) is 0 Å². The lowest BCUT2D eigenvalue weighted by molar-refractivity contribution is -0.118. The largest absolute Gasteiger partial charge is 0.481 e. The van der Waals surface area contributed by atoms with Crippen molar-refractivity contribution in [2.75, 3.05) is 17.2 Å². The molecule has 3 aromatic carbocycles. The Balaban J connectivity index is 1.58. The number of halogens is 3. The van der Waals surface area contributed by atoms with Crippen LogP contribution < -0.4 is 15.4 Å². The smallest absolute Gasteiger partial charge is 0.262 e. The number of ether oxygens (including phenoxy) is 1. The molecular weight excluding hydrogens is 520 g/mol. The number of benzene rings is 3. The van der Waals surface area contributed by atoms with E-state index in [2.05, 4.69) is 42.5 Å². The number of hydrogen-bond acceptors (Lipinski definition) is 3. The Morgan fingerprint density at radius 3 is 2.34 bits per heavy atom. The molecule has 3 rings (SSSR count). The standard InChI is InChI=1S/C22H19Br2ClN2O2/c1-14-3-2-4-18(9-14)27-21(28)13-29-22-19(23)10-15(11-20(22)24)12-26-17-7-5-16(25)6-8-17/h2-11,26H,12-13H2,1H3,(H,27,28). The second kappa shape index (κ2) is 10.1. The first-order valence-corrected chi connectivity index (χ1v) is 10.8. The maximum atomic E-state index is 12.2. The van der Waals surface area contributed by atoms with Gasteiger partial charge in [0.15, 0.2) is 6.61 Å². The van der Waals surface area contributed by atoms with Crippen LogP contribution in [0.25, 0.3) is 0 Å². The Hall–Kier alpha value is -2.02. The summed E-state index contributed by atoms with van der Waals surface area (Å²) in [5.41, 5.74) is 3.86. The summed E-state index contributed by atoms with van der Waals surface area (Å²) < 4.78 is 7.26. The average molecular weight is 539 g/mol. The van der Waals surface area contributed by atoms with Crippen molar-refractivity contribution in [1.82, 2.24) is 0 Å². The van der Waals surface area contributed by atoms with Gasteiger partial charge in [-0.3, -0.25) is 4.79 Å². The summed E-state index contributed by atoms with van der Waals surface area (Å²) in [7, 11) is 0. The van der Waals surface area contributed by atoms with E-state index in [1.807, 2.05) is 67.6 Å². The molecule has 1 amide bonds. The number of anilines is 2. The van der Waals surface area contributed by atoms with Crippen molar-refractivity contribution in [2.24, 2.45) is 0 Å². The van der Waals surface area contributed by atoms with E-state index >= 15 is 0 Å². The van der Waals surface area contributed by atoms with Crippen molar-refractivity contribution in [3.63, 3.8) is 0 Å². The number of amides is 1. The zero-order chi connectivity index (χ0) is 20.8. The summed E-state index contributed by atoms with van der Waals surface area (Å²) in [5, 5.41) is 6.87. The van der Waals surface area contributed by atoms with Crippen molar-refractivity contribution in [3.05, 3.63) is 85.8 Å². The molecule has 0 saturated heterocycles. The lowest BCUT2D eigenvalue weighted by Gasteiger charge is -2.13. The molecule has 0 radical (unpaired) electrons. The highest BCUT2D eigenvalue weighted by atomic mass is 79.9. The molecule has 4 nitrogen and oxygen atoms in total. The second-order valence-corrected chi connectivity index (χ2v) is 8.60. The van der Waals surface area contributed by atoms with E-state index in [0.29, 0.717) is 17.3 Å². The third-order valence-electron chi connectivity index (χ3n) is 4.05. The Morgan fingerprint density at radius 2 is 1.69 bits per heavy atom. The van der Waals surface area contributed by atoms with Gasteiger partial charge in [0.05, 0.1) is 8.95 Å². The minimum absolute atomic E-state index is 0.0898. The summed E-state index contributed by atoms with van der Waals surface area (Å²) in [6.07, 6.45) is 0. The average Bonchev–Trinajstić information content (AvgIpc) is 2.67. The number of nitrogens with one attached hydrogen (secondary N) is 2. The zero-order valence-electron chi connectivity index (χ0n) is 15.6. The van der Waals surface area contributed by atoms with Gasteiger partial charge in [-0.2, -0.15) is 0 Å². The molecule has 0 fully saturated rings. The highest BCUT2D eigenvalue weighted by Crippen LogP contribution is 2.35. The fourth-order valence-corrected chi connectivity index (χ4v) is 4.32. The number of rotatable bonds is 7. The summed E-state index contributed by atoms with van der Waals surface area (Å²) in [4.78, 5) is 12.2. The van der Waals surface area contributed by atoms with Crippen LogP contribution in [0.1, 0.15) is 11.1 Å². The highest BCUT2D eigenvalue weighted by Gasteiger charge is 2.12. The molecule has 2 N–H and O–H groups in total. The molecule has 0 saturated carbocycles. The Bertz CT molecular complexity index is 987. The number of carbonyl (C=O) groups excluding carboxylic acids is 1. The summed E-state index contributed by atoms with van der Waals surface area (Å²) in [6.45, 7) is 2.52. The predicted molar refractivity (Wildman–Crippen MR) is 126 cm³/mol. The number of hydrogen-bond donors (Lipinski definition) is 2. The minimum Gasteiger partial charge on any atom is -0.481 e. The molecule has 0 bridgehead atoms. The maximum absolute atomic E-state index is 12.2. The molecule has 150 valence electrons. The molecule has 0 aromatic heterocycles. The van der Waals surface area contributed by atoms with Gasteiger partial charge in [-0.25, -0.2) is 0 Å². The molecular formula is C22H19Br2ClN2O2. The van der Waals surface area contributed by atoms with Crippen LogP contribution in [-0.4, -0.2) is 12.5 Å². The van der Waals surface area contributed by atoms with Gasteiger partial charge in [0.25, 0.3) is 5.91 Å². The molecule has 0 aliphatic rings. The van der Waals surface area contributed by atoms with Crippen LogP contribution in [0.2, 0.25) is 5.02 Å². The fourth-order valence-electron chi connectivity index (χ4n) is 2.68. The lowest BCUT2D eigenvalue weighted by atomic mass is 10.2. The third kappa shape index (κ3) is 6.49. The monoisotopic (exact) mass is 536 g/mol. The van der Waals surface area contributed by atoms with Crippen LogP contribution in [0.5, 0.6) is 5.75 Å². The number of aryl methyl sites for hydroxylation is 1. The van der Waals surface area contributed by atoms with Crippen LogP contribution in [0, 0.1) is 6.92 Å². The van der Waals surface area contributed by atoms with Gasteiger partial charge in [-0.1, -0.05) is 23.7 Å². The molecule has 0 heterocycles. The Kier molecular flexibility index (Phi) is 7.58. The molecule has 0 aliphatic heterocycles. The van der Waals surface area contributed by atoms with E-state index in [9.17, 15) is 4.79 Å². The molecule has 0 aliphatic carbocycles. The van der Waals surface area contributed by atoms with E-state index < -0.39 is 0 Å². The first kappa shape index (κ1) is 21.7. The quantitative estimate of drug-likeness (QED) is 0.348. The molecule has 0 spiro atoms. The van der Waals surface area contributed by atoms with E-state index in [1.54, 1.807) is 0 Å². The molecule has 29 heavy (non-hydrogen) atoms. The fraction of sp³-hybridized carbons (Fsp3) is 0.136. The van der Waals surface area contributed by atoms with Crippen molar-refractivity contribution in [2.45, 2.75) is 13.5 Å². The van der Waals surface area contributed by atoms with E-state index in [-0.39, 0.29) is 12.5 Å². The summed E-state index contributed by atoms with van der Waals surface area (Å²) in [6, 6.07) is 19.1. The van der Waals surface area contributed by atoms with Gasteiger partial charge in [0.1, 0.15) is 5.75 Å². The predicted octanol–water partition coefficient (Wildman–Crippen LogP) is 6.80. The van der Waals surface area contributed by atoms with Crippen LogP contribution in [-0.2, 0) is 11.3 Å². The SMILES string of the molecule is Cc1cccc(NC(=O)COc2c(Br)cc(CNc3ccc(Cl)cc3)cc2Br)c1. The van der Waals surface area contributed by atoms with Crippen molar-refractivity contribution < 1.29 is 9.53 Å². The van der Waals surface area contributed by atoms with Crippen LogP contribution in [0.15, 0.2) is 69.6 Å². The molecule has 0 unspecified atom stereocenters. The molecule has 0 atom stereocenters. The van der Waals surface area contributed by atoms with Crippen LogP contribution in [0.3, 0.4) is 0 Å². The van der Waals surface area contributed by atoms with Crippen molar-refractivity contribution in [1.29, 1.82) is 0 Å². The first-order valence-electron chi connectivity index (χ1n) is 8.87. The summed E-state index contributed by atoms with van der Waals surface area (Å²) in [5.74, 6) is 0.363. The summed E-state index contributed by atoms with van der Waals surface area (Å²) >= 11 is 13.0. The Labute approximate surface area is 191 Å². The van der Waals surface area contributed by atoms with Gasteiger partial charge in [0, 0.05) is 22.9 Å². The molecule has 7 heteroatoms. The van der Waals surface area contributed by atoms with Gasteiger partial charge in [-0.15, -0.1) is 0 Å². The van der Waals surface area contributed by atoms with Crippen molar-refractivity contribution >= 4 is 60.7 Å². The normalized spacial score (nSPS) is 10.5. The third-order valence-corrected chi connectivity index (χ3v) is 5.48. The minimum atomic E-state index is -0.220.